The van der Waals surface area contributed by atoms with Crippen LogP contribution >= 0.6 is 22.6 Å². The Hall–Kier alpha value is -8.78. The highest BCUT2D eigenvalue weighted by atomic mass is 127. The van der Waals surface area contributed by atoms with E-state index in [1.807, 2.05) is 44.2 Å². The second-order valence-electron chi connectivity index (χ2n) is 22.1. The predicted molar refractivity (Wildman–Crippen MR) is 329 cm³/mol. The van der Waals surface area contributed by atoms with Gasteiger partial charge in [-0.2, -0.15) is 0 Å². The van der Waals surface area contributed by atoms with Crippen LogP contribution in [-0.2, 0) is 11.1 Å². The molecule has 79 heavy (non-hydrogen) atoms. The number of hydrogen-bond donors (Lipinski definition) is 5. The van der Waals surface area contributed by atoms with Crippen LogP contribution in [0.15, 0.2) is 145 Å². The van der Waals surface area contributed by atoms with Crippen molar-refractivity contribution < 1.29 is 4.42 Å². The number of nitrogen functional groups attached to an aromatic ring is 4. The van der Waals surface area contributed by atoms with Gasteiger partial charge in [-0.1, -0.05) is 60.7 Å². The van der Waals surface area contributed by atoms with Gasteiger partial charge in [0.05, 0.1) is 39.1 Å². The zero-order valence-corrected chi connectivity index (χ0v) is 48.5. The molecule has 0 atom stereocenters. The van der Waals surface area contributed by atoms with Crippen molar-refractivity contribution in [1.29, 1.82) is 0 Å². The number of nitrogens with two attached hydrogens (primary N) is 4. The van der Waals surface area contributed by atoms with Gasteiger partial charge in [-0.25, -0.2) is 44.9 Å². The molecule has 5 aromatic carbocycles. The molecule has 0 saturated carbocycles. The zero-order chi connectivity index (χ0) is 56.6. The molecule has 402 valence electrons. The van der Waals surface area contributed by atoms with Crippen molar-refractivity contribution >= 4 is 73.9 Å². The van der Waals surface area contributed by atoms with Gasteiger partial charge in [0.15, 0.2) is 11.7 Å². The van der Waals surface area contributed by atoms with Gasteiger partial charge >= 0.3 is 0 Å². The molecule has 9 N–H and O–H groups in total. The smallest absolute Gasteiger partial charge is 0.219 e. The molecular weight excluding hydrogens is 1100 g/mol. The third kappa shape index (κ3) is 12.3. The van der Waals surface area contributed by atoms with Crippen molar-refractivity contribution in [2.45, 2.75) is 92.8 Å². The summed E-state index contributed by atoms with van der Waals surface area (Å²) < 4.78 is 11.7. The molecule has 0 spiro atoms. The van der Waals surface area contributed by atoms with E-state index in [0.29, 0.717) is 11.6 Å². The molecule has 0 unspecified atom stereocenters. The van der Waals surface area contributed by atoms with Gasteiger partial charge in [-0.3, -0.25) is 0 Å². The highest BCUT2D eigenvalue weighted by molar-refractivity contribution is 14.1. The van der Waals surface area contributed by atoms with Gasteiger partial charge in [0.1, 0.15) is 11.6 Å². The molecule has 0 amide bonds. The molecule has 0 aliphatic heterocycles. The minimum absolute atomic E-state index is 0.0278. The first-order valence-electron chi connectivity index (χ1n) is 25.7. The molecule has 11 aromatic rings. The SMILES string of the molecule is CC(C)(C)Nc1ccc(-c2cnc(N)nc2)cc1N.CC(C)(C)n1c(-c2ccccc2I)nc2cc(-c3cnc(N)nc3)ccc21.Cc1nc(C)c(-c2ccccc2-c2nc3cc(-c4cnc(N)nc4)ccc3n2C(C)(C)C)o1. The van der Waals surface area contributed by atoms with Gasteiger partial charge in [0.2, 0.25) is 17.8 Å². The van der Waals surface area contributed by atoms with Crippen LogP contribution in [0, 0.1) is 17.4 Å². The fourth-order valence-corrected chi connectivity index (χ4v) is 9.89. The quantitative estimate of drug-likeness (QED) is 0.0734. The van der Waals surface area contributed by atoms with Crippen molar-refractivity contribution in [3.05, 3.63) is 155 Å². The standard InChI is InChI=1S/C26H26N6O.C21H20IN5.C14H19N5/c1-15-23(33-16(2)30-15)19-8-6-7-9-20(19)24-31-21-12-17(18-13-28-25(27)29-14-18)10-11-22(21)32(24)26(3,4)5;1-21(2,3)27-18-9-8-13(14-11-24-20(23)25-12-14)10-17(18)26-19(27)15-6-4-5-7-16(15)22;1-14(2,3)19-12-5-4-9(6-11(12)15)10-7-17-13(16)18-8-10/h6-14H,1-5H3,(H2,27,28,29);4-12H,1-3H3,(H2,23,24,25);4-8,19H,15H2,1-3H3,(H2,16,17,18). The Balaban J connectivity index is 0.000000149. The number of rotatable bonds is 7. The first kappa shape index (κ1) is 55.0. The summed E-state index contributed by atoms with van der Waals surface area (Å²) in [5, 5.41) is 3.36. The first-order chi connectivity index (χ1) is 37.4. The van der Waals surface area contributed by atoms with E-state index >= 15 is 0 Å². The Morgan fingerprint density at radius 3 is 1.28 bits per heavy atom. The molecule has 11 rings (SSSR count). The number of anilines is 5. The van der Waals surface area contributed by atoms with Crippen LogP contribution < -0.4 is 28.3 Å². The van der Waals surface area contributed by atoms with Crippen LogP contribution in [0.1, 0.15) is 73.9 Å². The molecule has 0 radical (unpaired) electrons. The maximum absolute atomic E-state index is 6.07. The summed E-state index contributed by atoms with van der Waals surface area (Å²) in [7, 11) is 0. The largest absolute Gasteiger partial charge is 0.441 e. The van der Waals surface area contributed by atoms with Gasteiger partial charge in [-0.15, -0.1) is 0 Å². The Bertz CT molecular complexity index is 3950. The highest BCUT2D eigenvalue weighted by Gasteiger charge is 2.27. The number of nitrogens with zero attached hydrogens (tertiary/aromatic N) is 11. The van der Waals surface area contributed by atoms with Gasteiger partial charge in [0, 0.05) is 97.7 Å². The molecule has 0 fully saturated rings. The van der Waals surface area contributed by atoms with E-state index in [0.717, 1.165) is 101 Å². The Labute approximate surface area is 473 Å². The lowest BCUT2D eigenvalue weighted by molar-refractivity contribution is 0.412. The number of nitrogens with one attached hydrogen (secondary N) is 1. The minimum atomic E-state index is -0.199. The lowest BCUT2D eigenvalue weighted by atomic mass is 10.0. The van der Waals surface area contributed by atoms with E-state index < -0.39 is 0 Å². The number of oxazole rings is 1. The van der Waals surface area contributed by atoms with Crippen molar-refractivity contribution in [3.8, 4) is 67.5 Å². The van der Waals surface area contributed by atoms with Crippen molar-refractivity contribution in [2.24, 2.45) is 0 Å². The van der Waals surface area contributed by atoms with E-state index in [4.69, 9.17) is 37.3 Å². The second kappa shape index (κ2) is 21.9. The normalized spacial score (nSPS) is 11.7. The van der Waals surface area contributed by atoms with Crippen LogP contribution in [0.2, 0.25) is 0 Å². The maximum Gasteiger partial charge on any atom is 0.219 e. The van der Waals surface area contributed by atoms with Crippen molar-refractivity contribution in [3.63, 3.8) is 0 Å². The molecule has 17 nitrogen and oxygen atoms in total. The lowest BCUT2D eigenvalue weighted by Crippen LogP contribution is -2.26. The number of hydrogen-bond acceptors (Lipinski definition) is 15. The fourth-order valence-electron chi connectivity index (χ4n) is 9.26. The number of aryl methyl sites for hydroxylation is 2. The molecule has 6 aromatic heterocycles. The number of aromatic nitrogens is 11. The Morgan fingerprint density at radius 1 is 0.468 bits per heavy atom. The van der Waals surface area contributed by atoms with Gasteiger partial charge < -0.3 is 41.8 Å². The molecule has 0 aliphatic carbocycles. The second-order valence-corrected chi connectivity index (χ2v) is 23.3. The lowest BCUT2D eigenvalue weighted by Gasteiger charge is -2.25. The first-order valence-corrected chi connectivity index (χ1v) is 26.8. The molecular formula is C61H65IN16O. The number of benzene rings is 5. The summed E-state index contributed by atoms with van der Waals surface area (Å²) in [5.74, 6) is 4.09. The van der Waals surface area contributed by atoms with E-state index in [9.17, 15) is 0 Å². The average Bonchev–Trinajstić information content (AvgIpc) is 3.78. The third-order valence-electron chi connectivity index (χ3n) is 12.7. The average molecular weight is 1170 g/mol. The van der Waals surface area contributed by atoms with Gasteiger partial charge in [0.25, 0.3) is 0 Å². The monoisotopic (exact) mass is 1160 g/mol. The topological polar surface area (TPSA) is 255 Å². The van der Waals surface area contributed by atoms with E-state index in [1.165, 1.54) is 3.57 Å². The summed E-state index contributed by atoms with van der Waals surface area (Å²) in [5.41, 5.74) is 37.8. The number of fused-ring (bicyclic) bond motifs is 2. The van der Waals surface area contributed by atoms with E-state index in [2.05, 4.69) is 207 Å². The molecule has 6 heterocycles. The van der Waals surface area contributed by atoms with Crippen LogP contribution in [0.25, 0.3) is 89.5 Å². The molecule has 18 heteroatoms. The van der Waals surface area contributed by atoms with Crippen molar-refractivity contribution in [1.82, 2.24) is 54.0 Å². The number of halogens is 1. The number of imidazole rings is 2. The Morgan fingerprint density at radius 2 is 0.873 bits per heavy atom. The molecule has 0 bridgehead atoms. The summed E-state index contributed by atoms with van der Waals surface area (Å²) in [6.45, 7) is 23.3. The summed E-state index contributed by atoms with van der Waals surface area (Å²) >= 11 is 2.37. The fraction of sp³-hybridized carbons (Fsp3) is 0.230. The highest BCUT2D eigenvalue weighted by Crippen LogP contribution is 2.40. The van der Waals surface area contributed by atoms with Crippen LogP contribution in [0.3, 0.4) is 0 Å². The van der Waals surface area contributed by atoms with Crippen LogP contribution in [0.5, 0.6) is 0 Å². The minimum Gasteiger partial charge on any atom is -0.441 e. The summed E-state index contributed by atoms with van der Waals surface area (Å²) in [4.78, 5) is 39.0. The summed E-state index contributed by atoms with van der Waals surface area (Å²) in [6, 6.07) is 34.9. The Kier molecular flexibility index (Phi) is 15.3. The van der Waals surface area contributed by atoms with E-state index in [-0.39, 0.29) is 34.5 Å². The summed E-state index contributed by atoms with van der Waals surface area (Å²) in [6.07, 6.45) is 10.3. The van der Waals surface area contributed by atoms with Gasteiger partial charge in [-0.05, 0) is 151 Å². The molecule has 0 saturated heterocycles. The maximum atomic E-state index is 6.07. The molecule has 0 aliphatic rings. The zero-order valence-electron chi connectivity index (χ0n) is 46.3. The van der Waals surface area contributed by atoms with Crippen LogP contribution in [0.4, 0.5) is 29.2 Å². The van der Waals surface area contributed by atoms with Crippen molar-refractivity contribution in [2.75, 3.05) is 28.3 Å². The third-order valence-corrected chi connectivity index (χ3v) is 13.6. The van der Waals surface area contributed by atoms with Crippen LogP contribution in [-0.4, -0.2) is 59.5 Å². The predicted octanol–water partition coefficient (Wildman–Crippen LogP) is 13.4. The van der Waals surface area contributed by atoms with E-state index in [1.54, 1.807) is 37.2 Å².